The second-order valence-electron chi connectivity index (χ2n) is 5.65. The zero-order chi connectivity index (χ0) is 12.9. The fourth-order valence-electron chi connectivity index (χ4n) is 2.81. The largest absolute Gasteiger partial charge is 0.384 e. The van der Waals surface area contributed by atoms with Crippen LogP contribution in [0.2, 0.25) is 0 Å². The third kappa shape index (κ3) is 1.97. The van der Waals surface area contributed by atoms with Crippen LogP contribution in [0, 0.1) is 11.3 Å². The standard InChI is InChI=1S/C13H15N5O/c14-10-5-9(15-7-16-10)12-17-11(19-18-12)6-13(3-4-13)8-1-2-8/h5,7-8H,1-4,6H2,(H2,14,15,16). The molecule has 2 aromatic rings. The van der Waals surface area contributed by atoms with Crippen LogP contribution in [0.15, 0.2) is 16.9 Å². The number of rotatable bonds is 4. The van der Waals surface area contributed by atoms with Gasteiger partial charge in [-0.3, -0.25) is 0 Å². The molecular formula is C13H15N5O. The summed E-state index contributed by atoms with van der Waals surface area (Å²) in [5.41, 5.74) is 6.70. The molecule has 2 heterocycles. The van der Waals surface area contributed by atoms with Gasteiger partial charge in [0.2, 0.25) is 11.7 Å². The molecule has 2 fully saturated rings. The number of nitrogens with two attached hydrogens (primary N) is 1. The molecule has 2 aromatic heterocycles. The summed E-state index contributed by atoms with van der Waals surface area (Å²) in [5.74, 6) is 2.51. The van der Waals surface area contributed by atoms with Gasteiger partial charge in [0.25, 0.3) is 0 Å². The lowest BCUT2D eigenvalue weighted by Gasteiger charge is -2.09. The summed E-state index contributed by atoms with van der Waals surface area (Å²) in [5, 5.41) is 3.99. The maximum Gasteiger partial charge on any atom is 0.227 e. The number of hydrogen-bond donors (Lipinski definition) is 1. The molecule has 2 saturated carbocycles. The Bertz CT molecular complexity index is 615. The molecule has 0 unspecified atom stereocenters. The van der Waals surface area contributed by atoms with Crippen LogP contribution in [-0.2, 0) is 6.42 Å². The first kappa shape index (κ1) is 10.9. The van der Waals surface area contributed by atoms with E-state index < -0.39 is 0 Å². The topological polar surface area (TPSA) is 90.7 Å². The third-order valence-electron chi connectivity index (χ3n) is 4.22. The van der Waals surface area contributed by atoms with E-state index >= 15 is 0 Å². The Kier molecular flexibility index (Phi) is 2.15. The average Bonchev–Trinajstić information content (AvgIpc) is 3.29. The van der Waals surface area contributed by atoms with Crippen molar-refractivity contribution in [3.63, 3.8) is 0 Å². The van der Waals surface area contributed by atoms with Crippen molar-refractivity contribution in [3.05, 3.63) is 18.3 Å². The molecule has 0 radical (unpaired) electrons. The molecule has 0 bridgehead atoms. The second kappa shape index (κ2) is 3.76. The van der Waals surface area contributed by atoms with Crippen LogP contribution < -0.4 is 5.73 Å². The van der Waals surface area contributed by atoms with E-state index in [0.717, 1.165) is 18.2 Å². The highest BCUT2D eigenvalue weighted by atomic mass is 16.5. The Balaban J connectivity index is 1.56. The van der Waals surface area contributed by atoms with Gasteiger partial charge in [0.05, 0.1) is 0 Å². The van der Waals surface area contributed by atoms with E-state index in [1.807, 2.05) is 0 Å². The SMILES string of the molecule is Nc1cc(-c2noc(CC3(C4CC4)CC3)n2)ncn1. The van der Waals surface area contributed by atoms with Crippen molar-refractivity contribution in [2.45, 2.75) is 32.1 Å². The van der Waals surface area contributed by atoms with Crippen LogP contribution >= 0.6 is 0 Å². The molecule has 98 valence electrons. The lowest BCUT2D eigenvalue weighted by atomic mass is 9.96. The van der Waals surface area contributed by atoms with Gasteiger partial charge in [-0.2, -0.15) is 4.98 Å². The van der Waals surface area contributed by atoms with Gasteiger partial charge in [-0.1, -0.05) is 5.16 Å². The smallest absolute Gasteiger partial charge is 0.227 e. The first-order valence-electron chi connectivity index (χ1n) is 6.66. The van der Waals surface area contributed by atoms with Crippen LogP contribution in [-0.4, -0.2) is 20.1 Å². The van der Waals surface area contributed by atoms with Gasteiger partial charge in [-0.25, -0.2) is 9.97 Å². The van der Waals surface area contributed by atoms with Crippen LogP contribution in [0.25, 0.3) is 11.5 Å². The van der Waals surface area contributed by atoms with Gasteiger partial charge in [0, 0.05) is 12.5 Å². The Morgan fingerprint density at radius 1 is 1.32 bits per heavy atom. The second-order valence-corrected chi connectivity index (χ2v) is 5.65. The molecule has 2 N–H and O–H groups in total. The van der Waals surface area contributed by atoms with E-state index in [1.165, 1.54) is 32.0 Å². The number of anilines is 1. The van der Waals surface area contributed by atoms with E-state index in [9.17, 15) is 0 Å². The number of aromatic nitrogens is 4. The van der Waals surface area contributed by atoms with Gasteiger partial charge in [-0.05, 0) is 37.0 Å². The molecule has 0 aliphatic heterocycles. The molecule has 2 aliphatic rings. The van der Waals surface area contributed by atoms with Crippen molar-refractivity contribution in [2.75, 3.05) is 5.73 Å². The Morgan fingerprint density at radius 2 is 2.16 bits per heavy atom. The van der Waals surface area contributed by atoms with Crippen molar-refractivity contribution in [1.29, 1.82) is 0 Å². The van der Waals surface area contributed by atoms with Crippen molar-refractivity contribution in [1.82, 2.24) is 20.1 Å². The summed E-state index contributed by atoms with van der Waals surface area (Å²) in [4.78, 5) is 12.4. The highest BCUT2D eigenvalue weighted by Gasteiger charge is 2.54. The molecule has 0 atom stereocenters. The molecule has 0 amide bonds. The van der Waals surface area contributed by atoms with Gasteiger partial charge in [0.15, 0.2) is 0 Å². The lowest BCUT2D eigenvalue weighted by molar-refractivity contribution is 0.327. The minimum absolute atomic E-state index is 0.410. The van der Waals surface area contributed by atoms with Gasteiger partial charge >= 0.3 is 0 Å². The number of nitrogen functional groups attached to an aromatic ring is 1. The maximum absolute atomic E-state index is 5.63. The molecule has 6 nitrogen and oxygen atoms in total. The van der Waals surface area contributed by atoms with E-state index in [2.05, 4.69) is 20.1 Å². The normalized spacial score (nSPS) is 20.4. The minimum Gasteiger partial charge on any atom is -0.384 e. The summed E-state index contributed by atoms with van der Waals surface area (Å²) >= 11 is 0. The summed E-state index contributed by atoms with van der Waals surface area (Å²) in [6.07, 6.45) is 7.65. The van der Waals surface area contributed by atoms with E-state index in [4.69, 9.17) is 10.3 Å². The molecule has 19 heavy (non-hydrogen) atoms. The quantitative estimate of drug-likeness (QED) is 0.898. The molecule has 0 saturated heterocycles. The highest BCUT2D eigenvalue weighted by molar-refractivity contribution is 5.52. The minimum atomic E-state index is 0.410. The van der Waals surface area contributed by atoms with Crippen molar-refractivity contribution in [2.24, 2.45) is 11.3 Å². The average molecular weight is 257 g/mol. The summed E-state index contributed by atoms with van der Waals surface area (Å²) < 4.78 is 5.35. The fourth-order valence-corrected chi connectivity index (χ4v) is 2.81. The Hall–Kier alpha value is -1.98. The fraction of sp³-hybridized carbons (Fsp3) is 0.538. The van der Waals surface area contributed by atoms with Crippen LogP contribution in [0.1, 0.15) is 31.6 Å². The molecule has 2 aliphatic carbocycles. The van der Waals surface area contributed by atoms with Crippen LogP contribution in [0.5, 0.6) is 0 Å². The van der Waals surface area contributed by atoms with Crippen LogP contribution in [0.4, 0.5) is 5.82 Å². The van der Waals surface area contributed by atoms with Gasteiger partial charge < -0.3 is 10.3 Å². The number of nitrogens with zero attached hydrogens (tertiary/aromatic N) is 4. The van der Waals surface area contributed by atoms with E-state index in [-0.39, 0.29) is 0 Å². The third-order valence-corrected chi connectivity index (χ3v) is 4.22. The first-order chi connectivity index (χ1) is 9.25. The van der Waals surface area contributed by atoms with Gasteiger partial charge in [0.1, 0.15) is 17.8 Å². The molecule has 4 rings (SSSR count). The monoisotopic (exact) mass is 257 g/mol. The predicted molar refractivity (Wildman–Crippen MR) is 67.8 cm³/mol. The molecule has 0 aromatic carbocycles. The first-order valence-corrected chi connectivity index (χ1v) is 6.66. The van der Waals surface area contributed by atoms with Crippen molar-refractivity contribution in [3.8, 4) is 11.5 Å². The Labute approximate surface area is 110 Å². The van der Waals surface area contributed by atoms with Crippen molar-refractivity contribution < 1.29 is 4.52 Å². The summed E-state index contributed by atoms with van der Waals surface area (Å²) in [6, 6.07) is 1.66. The van der Waals surface area contributed by atoms with Crippen LogP contribution in [0.3, 0.4) is 0 Å². The highest BCUT2D eigenvalue weighted by Crippen LogP contribution is 2.62. The zero-order valence-corrected chi connectivity index (χ0v) is 10.5. The van der Waals surface area contributed by atoms with E-state index in [0.29, 0.717) is 22.8 Å². The van der Waals surface area contributed by atoms with E-state index in [1.54, 1.807) is 6.07 Å². The maximum atomic E-state index is 5.63. The molecule has 0 spiro atoms. The summed E-state index contributed by atoms with van der Waals surface area (Å²) in [7, 11) is 0. The zero-order valence-electron chi connectivity index (χ0n) is 10.5. The predicted octanol–water partition coefficient (Wildman–Crippen LogP) is 1.84. The molecular weight excluding hydrogens is 242 g/mol. The van der Waals surface area contributed by atoms with Gasteiger partial charge in [-0.15, -0.1) is 0 Å². The van der Waals surface area contributed by atoms with Crippen molar-refractivity contribution >= 4 is 5.82 Å². The Morgan fingerprint density at radius 3 is 2.84 bits per heavy atom. The lowest BCUT2D eigenvalue weighted by Crippen LogP contribution is -2.07. The summed E-state index contributed by atoms with van der Waals surface area (Å²) in [6.45, 7) is 0. The number of hydrogen-bond acceptors (Lipinski definition) is 6. The molecule has 6 heteroatoms.